The van der Waals surface area contributed by atoms with Gasteiger partial charge in [-0.15, -0.1) is 0 Å². The van der Waals surface area contributed by atoms with Gasteiger partial charge in [-0.2, -0.15) is 0 Å². The standard InChI is InChI=1S/C10H21NO5S/c12-8-4-2-1-3-7-11-17(15,16)9-5-6-10(13)14/h11-12H,1-9H2,(H,13,14). The molecule has 0 aliphatic heterocycles. The highest BCUT2D eigenvalue weighted by Gasteiger charge is 2.09. The first-order chi connectivity index (χ1) is 7.98. The van der Waals surface area contributed by atoms with Crippen molar-refractivity contribution in [1.82, 2.24) is 4.72 Å². The van der Waals surface area contributed by atoms with E-state index in [9.17, 15) is 13.2 Å². The number of carbonyl (C=O) groups is 1. The maximum Gasteiger partial charge on any atom is 0.303 e. The summed E-state index contributed by atoms with van der Waals surface area (Å²) in [4.78, 5) is 10.2. The van der Waals surface area contributed by atoms with Gasteiger partial charge in [0.15, 0.2) is 0 Å². The van der Waals surface area contributed by atoms with E-state index in [1.54, 1.807) is 0 Å². The molecule has 0 heterocycles. The Hall–Kier alpha value is -0.660. The fourth-order valence-corrected chi connectivity index (χ4v) is 2.43. The Labute approximate surface area is 102 Å². The Morgan fingerprint density at radius 1 is 1.06 bits per heavy atom. The highest BCUT2D eigenvalue weighted by Crippen LogP contribution is 1.99. The third-order valence-corrected chi connectivity index (χ3v) is 3.68. The molecule has 0 rings (SSSR count). The summed E-state index contributed by atoms with van der Waals surface area (Å²) in [6.07, 6.45) is 3.24. The molecule has 0 aliphatic rings. The van der Waals surface area contributed by atoms with Crippen molar-refractivity contribution in [1.29, 1.82) is 0 Å². The van der Waals surface area contributed by atoms with Gasteiger partial charge in [0.05, 0.1) is 5.75 Å². The van der Waals surface area contributed by atoms with E-state index >= 15 is 0 Å². The zero-order valence-electron chi connectivity index (χ0n) is 9.89. The van der Waals surface area contributed by atoms with E-state index in [2.05, 4.69) is 4.72 Å². The predicted molar refractivity (Wildman–Crippen MR) is 64.2 cm³/mol. The van der Waals surface area contributed by atoms with Crippen LogP contribution in [0.4, 0.5) is 0 Å². The third-order valence-electron chi connectivity index (χ3n) is 2.21. The zero-order chi connectivity index (χ0) is 13.1. The lowest BCUT2D eigenvalue weighted by molar-refractivity contribution is -0.137. The molecule has 0 aromatic rings. The van der Waals surface area contributed by atoms with Crippen molar-refractivity contribution < 1.29 is 23.4 Å². The van der Waals surface area contributed by atoms with E-state index < -0.39 is 16.0 Å². The van der Waals surface area contributed by atoms with Gasteiger partial charge >= 0.3 is 5.97 Å². The van der Waals surface area contributed by atoms with E-state index in [1.165, 1.54) is 0 Å². The molecule has 0 saturated heterocycles. The van der Waals surface area contributed by atoms with Gasteiger partial charge in [0, 0.05) is 19.6 Å². The molecule has 102 valence electrons. The summed E-state index contributed by atoms with van der Waals surface area (Å²) in [5.41, 5.74) is 0. The monoisotopic (exact) mass is 267 g/mol. The average Bonchev–Trinajstić information content (AvgIpc) is 2.22. The normalized spacial score (nSPS) is 11.6. The summed E-state index contributed by atoms with van der Waals surface area (Å²) in [5, 5.41) is 16.9. The summed E-state index contributed by atoms with van der Waals surface area (Å²) < 4.78 is 25.1. The molecule has 0 spiro atoms. The number of nitrogens with one attached hydrogen (secondary N) is 1. The number of aliphatic carboxylic acids is 1. The molecule has 0 fully saturated rings. The molecule has 0 atom stereocenters. The Bertz CT molecular complexity index is 302. The molecule has 0 radical (unpaired) electrons. The van der Waals surface area contributed by atoms with Crippen LogP contribution in [0.15, 0.2) is 0 Å². The van der Waals surface area contributed by atoms with Crippen molar-refractivity contribution in [3.05, 3.63) is 0 Å². The maximum absolute atomic E-state index is 11.4. The van der Waals surface area contributed by atoms with E-state index in [-0.39, 0.29) is 25.2 Å². The quantitative estimate of drug-likeness (QED) is 0.468. The van der Waals surface area contributed by atoms with Crippen LogP contribution in [0.1, 0.15) is 38.5 Å². The number of sulfonamides is 1. The molecule has 17 heavy (non-hydrogen) atoms. The molecule has 0 unspecified atom stereocenters. The van der Waals surface area contributed by atoms with Crippen molar-refractivity contribution in [2.45, 2.75) is 38.5 Å². The smallest absolute Gasteiger partial charge is 0.303 e. The Kier molecular flexibility index (Phi) is 9.01. The second-order valence-corrected chi connectivity index (χ2v) is 5.77. The van der Waals surface area contributed by atoms with Crippen molar-refractivity contribution in [2.24, 2.45) is 0 Å². The van der Waals surface area contributed by atoms with Crippen molar-refractivity contribution >= 4 is 16.0 Å². The van der Waals surface area contributed by atoms with Crippen LogP contribution >= 0.6 is 0 Å². The SMILES string of the molecule is O=C(O)CCCS(=O)(=O)NCCCCCCO. The van der Waals surface area contributed by atoms with Crippen LogP contribution in [-0.4, -0.2) is 43.5 Å². The number of aliphatic hydroxyl groups is 1. The Balaban J connectivity index is 3.54. The molecule has 0 amide bonds. The van der Waals surface area contributed by atoms with Crippen LogP contribution < -0.4 is 4.72 Å². The highest BCUT2D eigenvalue weighted by atomic mass is 32.2. The molecule has 3 N–H and O–H groups in total. The lowest BCUT2D eigenvalue weighted by atomic mass is 10.2. The van der Waals surface area contributed by atoms with Gasteiger partial charge in [0.25, 0.3) is 0 Å². The maximum atomic E-state index is 11.4. The summed E-state index contributed by atoms with van der Waals surface area (Å²) in [5.74, 6) is -1.13. The van der Waals surface area contributed by atoms with E-state index in [1.807, 2.05) is 0 Å². The van der Waals surface area contributed by atoms with Gasteiger partial charge in [0.1, 0.15) is 0 Å². The topological polar surface area (TPSA) is 104 Å². The second-order valence-electron chi connectivity index (χ2n) is 3.85. The van der Waals surface area contributed by atoms with Crippen LogP contribution in [0.5, 0.6) is 0 Å². The summed E-state index contributed by atoms with van der Waals surface area (Å²) in [6, 6.07) is 0. The molecule has 0 saturated carbocycles. The minimum Gasteiger partial charge on any atom is -0.481 e. The predicted octanol–water partition coefficient (Wildman–Crippen LogP) is 0.323. The van der Waals surface area contributed by atoms with Gasteiger partial charge in [-0.1, -0.05) is 12.8 Å². The minimum absolute atomic E-state index is 0.128. The number of aliphatic hydroxyl groups excluding tert-OH is 1. The summed E-state index contributed by atoms with van der Waals surface area (Å²) in [7, 11) is -3.33. The van der Waals surface area contributed by atoms with Crippen LogP contribution in [0.25, 0.3) is 0 Å². The molecule has 6 nitrogen and oxygen atoms in total. The average molecular weight is 267 g/mol. The first-order valence-corrected chi connectivity index (χ1v) is 7.43. The largest absolute Gasteiger partial charge is 0.481 e. The molecular formula is C10H21NO5S. The fourth-order valence-electron chi connectivity index (χ4n) is 1.30. The molecule has 0 aromatic carbocycles. The van der Waals surface area contributed by atoms with Crippen molar-refractivity contribution in [3.63, 3.8) is 0 Å². The minimum atomic E-state index is -3.33. The Morgan fingerprint density at radius 3 is 2.29 bits per heavy atom. The van der Waals surface area contributed by atoms with E-state index in [4.69, 9.17) is 10.2 Å². The highest BCUT2D eigenvalue weighted by molar-refractivity contribution is 7.89. The molecule has 0 aromatic heterocycles. The number of carboxylic acids is 1. The molecule has 7 heteroatoms. The molecule has 0 aliphatic carbocycles. The summed E-state index contributed by atoms with van der Waals surface area (Å²) >= 11 is 0. The molecular weight excluding hydrogens is 246 g/mol. The van der Waals surface area contributed by atoms with E-state index in [0.29, 0.717) is 6.54 Å². The first kappa shape index (κ1) is 16.3. The van der Waals surface area contributed by atoms with Crippen LogP contribution in [0, 0.1) is 0 Å². The fraction of sp³-hybridized carbons (Fsp3) is 0.900. The number of unbranched alkanes of at least 4 members (excludes halogenated alkanes) is 3. The van der Waals surface area contributed by atoms with Gasteiger partial charge in [-0.05, 0) is 19.3 Å². The van der Waals surface area contributed by atoms with Gasteiger partial charge in [0.2, 0.25) is 10.0 Å². The van der Waals surface area contributed by atoms with Crippen LogP contribution in [-0.2, 0) is 14.8 Å². The third kappa shape index (κ3) is 11.6. The molecule has 0 bridgehead atoms. The van der Waals surface area contributed by atoms with Crippen molar-refractivity contribution in [2.75, 3.05) is 18.9 Å². The van der Waals surface area contributed by atoms with Crippen LogP contribution in [0.2, 0.25) is 0 Å². The first-order valence-electron chi connectivity index (χ1n) is 5.78. The zero-order valence-corrected chi connectivity index (χ0v) is 10.7. The number of hydrogen-bond acceptors (Lipinski definition) is 4. The Morgan fingerprint density at radius 2 is 1.71 bits per heavy atom. The van der Waals surface area contributed by atoms with Gasteiger partial charge < -0.3 is 10.2 Å². The lowest BCUT2D eigenvalue weighted by Crippen LogP contribution is -2.27. The van der Waals surface area contributed by atoms with Gasteiger partial charge in [-0.25, -0.2) is 13.1 Å². The van der Waals surface area contributed by atoms with Crippen LogP contribution in [0.3, 0.4) is 0 Å². The van der Waals surface area contributed by atoms with Crippen molar-refractivity contribution in [3.8, 4) is 0 Å². The van der Waals surface area contributed by atoms with E-state index in [0.717, 1.165) is 25.7 Å². The number of rotatable bonds is 11. The lowest BCUT2D eigenvalue weighted by Gasteiger charge is -2.05. The summed E-state index contributed by atoms with van der Waals surface area (Å²) in [6.45, 7) is 0.543. The number of hydrogen-bond donors (Lipinski definition) is 3. The number of carboxylic acid groups (broad SMARTS) is 1. The van der Waals surface area contributed by atoms with Gasteiger partial charge in [-0.3, -0.25) is 4.79 Å². The second kappa shape index (κ2) is 9.38.